The van der Waals surface area contributed by atoms with E-state index in [1.807, 2.05) is 13.8 Å². The zero-order valence-electron chi connectivity index (χ0n) is 10.2. The fourth-order valence-corrected chi connectivity index (χ4v) is 1.33. The molecule has 0 saturated heterocycles. The van der Waals surface area contributed by atoms with Crippen molar-refractivity contribution >= 4 is 0 Å². The van der Waals surface area contributed by atoms with Gasteiger partial charge in [0.15, 0.2) is 0 Å². The first-order valence-electron chi connectivity index (χ1n) is 5.38. The molecule has 0 aromatic heterocycles. The van der Waals surface area contributed by atoms with Gasteiger partial charge in [-0.25, -0.2) is 0 Å². The van der Waals surface area contributed by atoms with Crippen molar-refractivity contribution in [1.29, 1.82) is 0 Å². The van der Waals surface area contributed by atoms with Crippen molar-refractivity contribution in [2.24, 2.45) is 0 Å². The van der Waals surface area contributed by atoms with Gasteiger partial charge in [0.25, 0.3) is 0 Å². The molecule has 1 aromatic rings. The molecule has 1 N–H and O–H groups in total. The molecule has 0 spiro atoms. The zero-order chi connectivity index (χ0) is 12.8. The highest BCUT2D eigenvalue weighted by molar-refractivity contribution is 5.40. The quantitative estimate of drug-likeness (QED) is 0.836. The average Bonchev–Trinajstić information content (AvgIpc) is 2.26. The smallest absolute Gasteiger partial charge is 0.387 e. The predicted octanol–water partition coefficient (Wildman–Crippen LogP) is 2.79. The Balaban J connectivity index is 2.85. The maximum absolute atomic E-state index is 12.3. The monoisotopic (exact) mass is 245 g/mol. The lowest BCUT2D eigenvalue weighted by Gasteiger charge is -2.14. The molecule has 3 nitrogen and oxygen atoms in total. The Morgan fingerprint density at radius 3 is 2.53 bits per heavy atom. The maximum Gasteiger partial charge on any atom is 0.387 e. The van der Waals surface area contributed by atoms with Crippen LogP contribution in [0.2, 0.25) is 0 Å². The minimum Gasteiger partial charge on any atom is -0.497 e. The largest absolute Gasteiger partial charge is 0.497 e. The number of alkyl halides is 2. The number of nitrogens with one attached hydrogen (secondary N) is 1. The highest BCUT2D eigenvalue weighted by Gasteiger charge is 2.11. The van der Waals surface area contributed by atoms with Gasteiger partial charge in [0.2, 0.25) is 0 Å². The molecule has 0 saturated carbocycles. The van der Waals surface area contributed by atoms with Crippen LogP contribution in [0.1, 0.15) is 19.4 Å². The van der Waals surface area contributed by atoms with Crippen molar-refractivity contribution in [3.63, 3.8) is 0 Å². The van der Waals surface area contributed by atoms with Crippen molar-refractivity contribution in [3.05, 3.63) is 23.8 Å². The molecule has 0 heterocycles. The van der Waals surface area contributed by atoms with Crippen LogP contribution in [0.15, 0.2) is 18.2 Å². The lowest BCUT2D eigenvalue weighted by atomic mass is 10.2. The molecule has 0 fully saturated rings. The third kappa shape index (κ3) is 4.56. The normalized spacial score (nSPS) is 11.0. The number of rotatable bonds is 6. The van der Waals surface area contributed by atoms with Crippen LogP contribution in [-0.4, -0.2) is 19.8 Å². The SMILES string of the molecule is COc1ccc(CNC(C)C)c(OC(F)F)c1. The van der Waals surface area contributed by atoms with E-state index in [0.29, 0.717) is 17.9 Å². The molecule has 0 radical (unpaired) electrons. The molecule has 0 unspecified atom stereocenters. The minimum atomic E-state index is -2.83. The summed E-state index contributed by atoms with van der Waals surface area (Å²) in [5.74, 6) is 0.640. The summed E-state index contributed by atoms with van der Waals surface area (Å²) in [6.45, 7) is 1.61. The van der Waals surface area contributed by atoms with Gasteiger partial charge >= 0.3 is 6.61 Å². The van der Waals surface area contributed by atoms with Crippen LogP contribution in [0.5, 0.6) is 11.5 Å². The van der Waals surface area contributed by atoms with E-state index in [2.05, 4.69) is 10.1 Å². The minimum absolute atomic E-state index is 0.146. The predicted molar refractivity (Wildman–Crippen MR) is 61.6 cm³/mol. The molecule has 0 aliphatic rings. The summed E-state index contributed by atoms with van der Waals surface area (Å²) in [5, 5.41) is 3.15. The third-order valence-electron chi connectivity index (χ3n) is 2.19. The number of methoxy groups -OCH3 is 1. The molecule has 0 aliphatic heterocycles. The number of hydrogen-bond acceptors (Lipinski definition) is 3. The van der Waals surface area contributed by atoms with E-state index in [0.717, 1.165) is 0 Å². The van der Waals surface area contributed by atoms with E-state index in [-0.39, 0.29) is 11.8 Å². The molecule has 1 aromatic carbocycles. The fraction of sp³-hybridized carbons (Fsp3) is 0.500. The topological polar surface area (TPSA) is 30.5 Å². The van der Waals surface area contributed by atoms with Crippen molar-refractivity contribution in [2.75, 3.05) is 7.11 Å². The van der Waals surface area contributed by atoms with Crippen LogP contribution in [0.3, 0.4) is 0 Å². The van der Waals surface area contributed by atoms with Crippen LogP contribution < -0.4 is 14.8 Å². The Labute approximate surface area is 99.7 Å². The van der Waals surface area contributed by atoms with Crippen molar-refractivity contribution in [1.82, 2.24) is 5.32 Å². The molecule has 96 valence electrons. The first-order chi connectivity index (χ1) is 8.02. The van der Waals surface area contributed by atoms with Crippen LogP contribution in [-0.2, 0) is 6.54 Å². The van der Waals surface area contributed by atoms with E-state index in [4.69, 9.17) is 4.74 Å². The third-order valence-corrected chi connectivity index (χ3v) is 2.19. The van der Waals surface area contributed by atoms with E-state index < -0.39 is 6.61 Å². The van der Waals surface area contributed by atoms with Gasteiger partial charge in [0.1, 0.15) is 11.5 Å². The molecular weight excluding hydrogens is 228 g/mol. The maximum atomic E-state index is 12.3. The summed E-state index contributed by atoms with van der Waals surface area (Å²) in [7, 11) is 1.48. The molecule has 17 heavy (non-hydrogen) atoms. The highest BCUT2D eigenvalue weighted by atomic mass is 19.3. The Morgan fingerprint density at radius 2 is 2.00 bits per heavy atom. The molecule has 0 amide bonds. The molecule has 1 rings (SSSR count). The lowest BCUT2D eigenvalue weighted by Crippen LogP contribution is -2.22. The molecule has 5 heteroatoms. The zero-order valence-corrected chi connectivity index (χ0v) is 10.2. The van der Waals surface area contributed by atoms with E-state index >= 15 is 0 Å². The second kappa shape index (κ2) is 6.39. The van der Waals surface area contributed by atoms with Gasteiger partial charge in [0.05, 0.1) is 7.11 Å². The van der Waals surface area contributed by atoms with E-state index in [9.17, 15) is 8.78 Å². The number of hydrogen-bond donors (Lipinski definition) is 1. The van der Waals surface area contributed by atoms with Gasteiger partial charge in [-0.05, 0) is 6.07 Å². The molecule has 0 atom stereocenters. The van der Waals surface area contributed by atoms with Gasteiger partial charge in [-0.15, -0.1) is 0 Å². The van der Waals surface area contributed by atoms with Gasteiger partial charge in [-0.1, -0.05) is 19.9 Å². The van der Waals surface area contributed by atoms with Gasteiger partial charge in [-0.2, -0.15) is 8.78 Å². The van der Waals surface area contributed by atoms with Crippen molar-refractivity contribution in [3.8, 4) is 11.5 Å². The summed E-state index contributed by atoms with van der Waals surface area (Å²) in [6.07, 6.45) is 0. The first kappa shape index (κ1) is 13.7. The lowest BCUT2D eigenvalue weighted by molar-refractivity contribution is -0.0505. The number of benzene rings is 1. The second-order valence-corrected chi connectivity index (χ2v) is 3.89. The van der Waals surface area contributed by atoms with E-state index in [1.165, 1.54) is 13.2 Å². The standard InChI is InChI=1S/C12H17F2NO2/c1-8(2)15-7-9-4-5-10(16-3)6-11(9)17-12(13)14/h4-6,8,12,15H,7H2,1-3H3. The summed E-state index contributed by atoms with van der Waals surface area (Å²) in [5.41, 5.74) is 0.680. The van der Waals surface area contributed by atoms with Gasteiger partial charge < -0.3 is 14.8 Å². The number of halogens is 2. The Morgan fingerprint density at radius 1 is 1.29 bits per heavy atom. The summed E-state index contributed by atoms with van der Waals surface area (Å²) < 4.78 is 33.9. The van der Waals surface area contributed by atoms with Crippen molar-refractivity contribution in [2.45, 2.75) is 33.0 Å². The Hall–Kier alpha value is -1.36. The van der Waals surface area contributed by atoms with Crippen LogP contribution in [0, 0.1) is 0 Å². The summed E-state index contributed by atoms with van der Waals surface area (Å²) >= 11 is 0. The Bertz CT molecular complexity index is 356. The van der Waals surface area contributed by atoms with E-state index in [1.54, 1.807) is 12.1 Å². The average molecular weight is 245 g/mol. The summed E-state index contributed by atoms with van der Waals surface area (Å²) in [4.78, 5) is 0. The van der Waals surface area contributed by atoms with Gasteiger partial charge in [0, 0.05) is 24.2 Å². The fourth-order valence-electron chi connectivity index (χ4n) is 1.33. The molecule has 0 bridgehead atoms. The molecular formula is C12H17F2NO2. The van der Waals surface area contributed by atoms with Gasteiger partial charge in [-0.3, -0.25) is 0 Å². The molecule has 0 aliphatic carbocycles. The number of ether oxygens (including phenoxy) is 2. The Kier molecular flexibility index (Phi) is 5.15. The first-order valence-corrected chi connectivity index (χ1v) is 5.38. The second-order valence-electron chi connectivity index (χ2n) is 3.89. The van der Waals surface area contributed by atoms with Crippen molar-refractivity contribution < 1.29 is 18.3 Å². The van der Waals surface area contributed by atoms with Crippen LogP contribution in [0.4, 0.5) is 8.78 Å². The summed E-state index contributed by atoms with van der Waals surface area (Å²) in [6, 6.07) is 5.17. The highest BCUT2D eigenvalue weighted by Crippen LogP contribution is 2.26. The van der Waals surface area contributed by atoms with Crippen LogP contribution in [0.25, 0.3) is 0 Å². The van der Waals surface area contributed by atoms with Crippen LogP contribution >= 0.6 is 0 Å².